The number of amides is 1. The summed E-state index contributed by atoms with van der Waals surface area (Å²) in [5, 5.41) is 0. The first-order valence-corrected chi connectivity index (χ1v) is 9.55. The zero-order valence-electron chi connectivity index (χ0n) is 16.1. The highest BCUT2D eigenvalue weighted by Crippen LogP contribution is 2.37. The monoisotopic (exact) mass is 420 g/mol. The first kappa shape index (κ1) is 19.0. The van der Waals surface area contributed by atoms with Crippen LogP contribution in [-0.2, 0) is 12.7 Å². The van der Waals surface area contributed by atoms with Crippen molar-refractivity contribution in [2.45, 2.75) is 24.9 Å². The van der Waals surface area contributed by atoms with Crippen LogP contribution in [0.2, 0.25) is 0 Å². The molecule has 5 rings (SSSR count). The van der Waals surface area contributed by atoms with E-state index in [2.05, 4.69) is 4.90 Å². The Labute approximate surface area is 170 Å². The second-order valence-electron chi connectivity index (χ2n) is 7.73. The van der Waals surface area contributed by atoms with E-state index in [9.17, 15) is 18.0 Å². The number of carbonyl (C=O) groups is 1. The standard InChI is InChI=1S/C21H19F3N2O4/c1-25-15-9-26(8-12-2-4-17-18(6-12)29-11-28-17)10-19(15)30-16-5-3-13(21(22,23)24)7-14(16)20(25)27/h2-7,15,19H,8-11H2,1H3/t15-,19+/m1/s1. The highest BCUT2D eigenvalue weighted by Gasteiger charge is 2.43. The van der Waals surface area contributed by atoms with Crippen molar-refractivity contribution in [3.63, 3.8) is 0 Å². The first-order chi connectivity index (χ1) is 14.3. The van der Waals surface area contributed by atoms with Gasteiger partial charge in [0.05, 0.1) is 17.2 Å². The molecule has 1 amide bonds. The zero-order valence-corrected chi connectivity index (χ0v) is 16.1. The summed E-state index contributed by atoms with van der Waals surface area (Å²) in [7, 11) is 1.61. The van der Waals surface area contributed by atoms with Gasteiger partial charge in [0.1, 0.15) is 11.9 Å². The second-order valence-corrected chi connectivity index (χ2v) is 7.73. The maximum atomic E-state index is 13.1. The summed E-state index contributed by atoms with van der Waals surface area (Å²) in [5.41, 5.74) is 0.132. The van der Waals surface area contributed by atoms with Crippen LogP contribution in [0.15, 0.2) is 36.4 Å². The Morgan fingerprint density at radius 2 is 1.80 bits per heavy atom. The molecule has 2 aromatic rings. The van der Waals surface area contributed by atoms with E-state index >= 15 is 0 Å². The smallest absolute Gasteiger partial charge is 0.416 e. The summed E-state index contributed by atoms with van der Waals surface area (Å²) in [6.07, 6.45) is -4.84. The number of halogens is 3. The van der Waals surface area contributed by atoms with E-state index in [0.717, 1.165) is 17.7 Å². The summed E-state index contributed by atoms with van der Waals surface area (Å²) in [6, 6.07) is 8.57. The van der Waals surface area contributed by atoms with Gasteiger partial charge in [-0.05, 0) is 35.9 Å². The third kappa shape index (κ3) is 3.23. The number of hydrogen-bond acceptors (Lipinski definition) is 5. The molecule has 9 heteroatoms. The van der Waals surface area contributed by atoms with E-state index in [0.29, 0.717) is 31.1 Å². The van der Waals surface area contributed by atoms with Crippen molar-refractivity contribution >= 4 is 5.91 Å². The second kappa shape index (κ2) is 6.80. The molecule has 0 aromatic heterocycles. The van der Waals surface area contributed by atoms with E-state index in [1.165, 1.54) is 11.0 Å². The number of hydrogen-bond donors (Lipinski definition) is 0. The molecule has 1 fully saturated rings. The number of benzene rings is 2. The van der Waals surface area contributed by atoms with Gasteiger partial charge in [0.2, 0.25) is 6.79 Å². The summed E-state index contributed by atoms with van der Waals surface area (Å²) in [6.45, 7) is 1.95. The van der Waals surface area contributed by atoms with Crippen LogP contribution in [-0.4, -0.2) is 54.8 Å². The van der Waals surface area contributed by atoms with Crippen LogP contribution in [0.25, 0.3) is 0 Å². The van der Waals surface area contributed by atoms with Crippen LogP contribution < -0.4 is 14.2 Å². The van der Waals surface area contributed by atoms with Crippen molar-refractivity contribution in [2.24, 2.45) is 0 Å². The number of rotatable bonds is 2. The lowest BCUT2D eigenvalue weighted by Gasteiger charge is -2.25. The number of nitrogens with zero attached hydrogens (tertiary/aromatic N) is 2. The number of alkyl halides is 3. The van der Waals surface area contributed by atoms with Crippen LogP contribution in [0.1, 0.15) is 21.5 Å². The summed E-state index contributed by atoms with van der Waals surface area (Å²) in [5.74, 6) is 1.15. The number of ether oxygens (including phenoxy) is 3. The molecule has 2 atom stereocenters. The Balaban J connectivity index is 1.36. The molecule has 158 valence electrons. The molecule has 3 heterocycles. The molecule has 0 unspecified atom stereocenters. The van der Waals surface area contributed by atoms with Crippen molar-refractivity contribution in [1.29, 1.82) is 0 Å². The molecule has 0 spiro atoms. The highest BCUT2D eigenvalue weighted by molar-refractivity contribution is 5.97. The Morgan fingerprint density at radius 1 is 1.03 bits per heavy atom. The maximum absolute atomic E-state index is 13.1. The average Bonchev–Trinajstić information content (AvgIpc) is 3.30. The van der Waals surface area contributed by atoms with Crippen molar-refractivity contribution in [3.8, 4) is 17.2 Å². The van der Waals surface area contributed by atoms with Crippen molar-refractivity contribution < 1.29 is 32.2 Å². The van der Waals surface area contributed by atoms with Crippen molar-refractivity contribution in [1.82, 2.24) is 9.80 Å². The molecule has 3 aliphatic heterocycles. The number of likely N-dealkylation sites (N-methyl/N-ethyl adjacent to an activating group) is 1. The van der Waals surface area contributed by atoms with Gasteiger partial charge in [0, 0.05) is 26.7 Å². The van der Waals surface area contributed by atoms with Gasteiger partial charge in [0.15, 0.2) is 11.5 Å². The summed E-state index contributed by atoms with van der Waals surface area (Å²) >= 11 is 0. The molecular weight excluding hydrogens is 401 g/mol. The third-order valence-corrected chi connectivity index (χ3v) is 5.79. The van der Waals surface area contributed by atoms with Gasteiger partial charge in [0.25, 0.3) is 5.91 Å². The molecule has 30 heavy (non-hydrogen) atoms. The Bertz CT molecular complexity index is 1010. The minimum absolute atomic E-state index is 0.0518. The summed E-state index contributed by atoms with van der Waals surface area (Å²) < 4.78 is 56.0. The Hall–Kier alpha value is -2.94. The van der Waals surface area contributed by atoms with Gasteiger partial charge in [-0.1, -0.05) is 6.07 Å². The molecule has 1 saturated heterocycles. The quantitative estimate of drug-likeness (QED) is 0.747. The highest BCUT2D eigenvalue weighted by atomic mass is 19.4. The molecule has 0 aliphatic carbocycles. The molecular formula is C21H19F3N2O4. The van der Waals surface area contributed by atoms with Gasteiger partial charge in [-0.3, -0.25) is 9.69 Å². The first-order valence-electron chi connectivity index (χ1n) is 9.55. The van der Waals surface area contributed by atoms with Gasteiger partial charge < -0.3 is 19.1 Å². The third-order valence-electron chi connectivity index (χ3n) is 5.79. The van der Waals surface area contributed by atoms with Crippen LogP contribution in [0.3, 0.4) is 0 Å². The van der Waals surface area contributed by atoms with Crippen LogP contribution in [0, 0.1) is 0 Å². The molecule has 3 aliphatic rings. The molecule has 2 aromatic carbocycles. The van der Waals surface area contributed by atoms with Crippen molar-refractivity contribution in [3.05, 3.63) is 53.1 Å². The van der Waals surface area contributed by atoms with Gasteiger partial charge in [-0.25, -0.2) is 0 Å². The topological polar surface area (TPSA) is 51.2 Å². The van der Waals surface area contributed by atoms with E-state index < -0.39 is 17.6 Å². The average molecular weight is 420 g/mol. The molecule has 0 bridgehead atoms. The molecule has 0 saturated carbocycles. The van der Waals surface area contributed by atoms with Crippen LogP contribution >= 0.6 is 0 Å². The molecule has 0 radical (unpaired) electrons. The normalized spacial score (nSPS) is 23.1. The lowest BCUT2D eigenvalue weighted by molar-refractivity contribution is -0.137. The lowest BCUT2D eigenvalue weighted by atomic mass is 10.1. The van der Waals surface area contributed by atoms with Gasteiger partial charge in [-0.15, -0.1) is 0 Å². The van der Waals surface area contributed by atoms with E-state index in [1.807, 2.05) is 18.2 Å². The van der Waals surface area contributed by atoms with Gasteiger partial charge in [-0.2, -0.15) is 13.2 Å². The minimum atomic E-state index is -4.52. The van der Waals surface area contributed by atoms with E-state index in [-0.39, 0.29) is 30.3 Å². The van der Waals surface area contributed by atoms with E-state index in [1.54, 1.807) is 7.05 Å². The Kier molecular flexibility index (Phi) is 4.32. The zero-order chi connectivity index (χ0) is 21.0. The number of likely N-dealkylation sites (tertiary alicyclic amines) is 1. The maximum Gasteiger partial charge on any atom is 0.416 e. The SMILES string of the molecule is CN1C(=O)c2cc(C(F)(F)F)ccc2O[C@H]2CN(Cc3ccc4c(c3)OCO4)C[C@H]21. The van der Waals surface area contributed by atoms with E-state index in [4.69, 9.17) is 14.2 Å². The number of carbonyl (C=O) groups excluding carboxylic acids is 1. The summed E-state index contributed by atoms with van der Waals surface area (Å²) in [4.78, 5) is 16.5. The number of fused-ring (bicyclic) bond motifs is 3. The predicted octanol–water partition coefficient (Wildman–Crippen LogP) is 3.15. The van der Waals surface area contributed by atoms with Crippen molar-refractivity contribution in [2.75, 3.05) is 26.9 Å². The minimum Gasteiger partial charge on any atom is -0.486 e. The fourth-order valence-electron chi connectivity index (χ4n) is 4.23. The lowest BCUT2D eigenvalue weighted by Crippen LogP contribution is -2.44. The fourth-order valence-corrected chi connectivity index (χ4v) is 4.23. The van der Waals surface area contributed by atoms with Gasteiger partial charge >= 0.3 is 6.18 Å². The van der Waals surface area contributed by atoms with Crippen LogP contribution in [0.4, 0.5) is 13.2 Å². The predicted molar refractivity (Wildman–Crippen MR) is 99.6 cm³/mol. The fraction of sp³-hybridized carbons (Fsp3) is 0.381. The Morgan fingerprint density at radius 3 is 2.60 bits per heavy atom. The van der Waals surface area contributed by atoms with Crippen LogP contribution in [0.5, 0.6) is 17.2 Å². The molecule has 6 nitrogen and oxygen atoms in total. The molecule has 0 N–H and O–H groups in total. The largest absolute Gasteiger partial charge is 0.486 e.